The minimum absolute atomic E-state index is 0.0516. The fourth-order valence-corrected chi connectivity index (χ4v) is 4.47. The Morgan fingerprint density at radius 2 is 1.70 bits per heavy atom. The van der Waals surface area contributed by atoms with E-state index in [1.54, 1.807) is 0 Å². The summed E-state index contributed by atoms with van der Waals surface area (Å²) in [6.07, 6.45) is 3.52. The topological polar surface area (TPSA) is 21.3 Å². The third-order valence-corrected chi connectivity index (χ3v) is 6.15. The predicted molar refractivity (Wildman–Crippen MR) is 77.7 cm³/mol. The van der Waals surface area contributed by atoms with Gasteiger partial charge in [-0.2, -0.15) is 0 Å². The Morgan fingerprint density at radius 1 is 1.00 bits per heavy atom. The Labute approximate surface area is 131 Å². The van der Waals surface area contributed by atoms with Gasteiger partial charge >= 0.3 is 131 Å². The predicted octanol–water partition coefficient (Wildman–Crippen LogP) is 0.998. The molecule has 3 heteroatoms. The van der Waals surface area contributed by atoms with Crippen molar-refractivity contribution in [2.75, 3.05) is 10.6 Å². The van der Waals surface area contributed by atoms with Crippen molar-refractivity contribution in [3.8, 4) is 0 Å². The van der Waals surface area contributed by atoms with Gasteiger partial charge in [0.05, 0.1) is 0 Å². The Bertz CT molecular complexity index is 561. The second-order valence-electron chi connectivity index (χ2n) is 5.08. The molecular weight excluding hydrogens is 361 g/mol. The molecule has 1 aliphatic rings. The number of para-hydroxylation sites is 1. The van der Waals surface area contributed by atoms with Gasteiger partial charge in [0.15, 0.2) is 0 Å². The molecule has 1 aliphatic carbocycles. The second kappa shape index (κ2) is 6.14. The Kier molecular flexibility index (Phi) is 4.27. The minimum atomic E-state index is -0.209. The zero-order valence-electron chi connectivity index (χ0n) is 11.6. The molecular formula is C17H19INO-. The quantitative estimate of drug-likeness (QED) is 0.618. The zero-order valence-corrected chi connectivity index (χ0v) is 13.8. The van der Waals surface area contributed by atoms with Crippen LogP contribution < -0.4 is 25.0 Å². The number of rotatable bonds is 5. The fourth-order valence-electron chi connectivity index (χ4n) is 2.63. The van der Waals surface area contributed by atoms with Crippen molar-refractivity contribution in [3.05, 3.63) is 63.7 Å². The summed E-state index contributed by atoms with van der Waals surface area (Å²) in [6, 6.07) is 19.3. The Hall–Kier alpha value is -1.07. The molecule has 2 aromatic carbocycles. The van der Waals surface area contributed by atoms with Crippen LogP contribution >= 0.6 is 0 Å². The van der Waals surface area contributed by atoms with Crippen LogP contribution in [0.3, 0.4) is 0 Å². The molecule has 0 aliphatic heterocycles. The van der Waals surface area contributed by atoms with E-state index in [9.17, 15) is 0 Å². The first kappa shape index (κ1) is 13.9. The van der Waals surface area contributed by atoms with Gasteiger partial charge in [-0.25, -0.2) is 0 Å². The number of ether oxygens (including phenoxy) is 1. The molecule has 0 radical (unpaired) electrons. The van der Waals surface area contributed by atoms with Crippen molar-refractivity contribution in [1.82, 2.24) is 0 Å². The molecule has 0 bridgehead atoms. The van der Waals surface area contributed by atoms with Crippen LogP contribution in [-0.2, 0) is 10.3 Å². The number of nitrogens with one attached hydrogen (secondary N) is 1. The van der Waals surface area contributed by atoms with Gasteiger partial charge in [-0.1, -0.05) is 0 Å². The number of methoxy groups -OCH3 is 1. The van der Waals surface area contributed by atoms with Crippen LogP contribution in [0.4, 0.5) is 5.69 Å². The summed E-state index contributed by atoms with van der Waals surface area (Å²) in [5, 5.41) is 0. The number of hydrogen-bond donors (Lipinski definition) is 1. The van der Waals surface area contributed by atoms with E-state index < -0.39 is 0 Å². The van der Waals surface area contributed by atoms with E-state index in [0.29, 0.717) is 0 Å². The number of anilines is 1. The van der Waals surface area contributed by atoms with Crippen LogP contribution in [0.1, 0.15) is 24.8 Å². The monoisotopic (exact) mass is 380 g/mol. The van der Waals surface area contributed by atoms with Crippen LogP contribution in [0.25, 0.3) is 0 Å². The van der Waals surface area contributed by atoms with E-state index in [1.807, 2.05) is 7.11 Å². The average Bonchev–Trinajstić information content (AvgIpc) is 2.47. The third kappa shape index (κ3) is 2.69. The third-order valence-electron chi connectivity index (χ3n) is 3.96. The summed E-state index contributed by atoms with van der Waals surface area (Å²) in [5.74, 6) is 0. The molecule has 0 unspecified atom stereocenters. The first-order chi connectivity index (χ1) is 9.84. The van der Waals surface area contributed by atoms with Crippen LogP contribution in [-0.4, -0.2) is 7.11 Å². The van der Waals surface area contributed by atoms with Crippen LogP contribution in [0.2, 0.25) is 0 Å². The summed E-state index contributed by atoms with van der Waals surface area (Å²) in [6.45, 7) is 0. The maximum absolute atomic E-state index is 5.82. The summed E-state index contributed by atoms with van der Waals surface area (Å²) in [4.78, 5) is 0. The van der Waals surface area contributed by atoms with Gasteiger partial charge in [0.25, 0.3) is 0 Å². The molecule has 20 heavy (non-hydrogen) atoms. The molecule has 2 nitrogen and oxygen atoms in total. The van der Waals surface area contributed by atoms with E-state index in [-0.39, 0.29) is 27.1 Å². The standard InChI is InChI=1S/C17H19INO/c1-20-17(12-7-13-17)15-10-5-6-11-16(15)19-18-14-8-3-2-4-9-14/h2-6,8-11,19H,7,12-13H2,1H3/q-1. The first-order valence-corrected chi connectivity index (χ1v) is 9.09. The summed E-state index contributed by atoms with van der Waals surface area (Å²) in [7, 11) is 1.84. The van der Waals surface area contributed by atoms with Gasteiger partial charge in [0.2, 0.25) is 0 Å². The average molecular weight is 380 g/mol. The van der Waals surface area contributed by atoms with Gasteiger partial charge in [-0.15, -0.1) is 0 Å². The van der Waals surface area contributed by atoms with Crippen molar-refractivity contribution in [2.24, 2.45) is 0 Å². The second-order valence-corrected chi connectivity index (χ2v) is 7.41. The molecule has 106 valence electrons. The summed E-state index contributed by atoms with van der Waals surface area (Å²) >= 11 is -0.209. The molecule has 0 heterocycles. The van der Waals surface area contributed by atoms with E-state index in [1.165, 1.54) is 21.2 Å². The van der Waals surface area contributed by atoms with Crippen molar-refractivity contribution in [3.63, 3.8) is 0 Å². The van der Waals surface area contributed by atoms with Gasteiger partial charge in [0.1, 0.15) is 0 Å². The number of benzene rings is 2. The van der Waals surface area contributed by atoms with Gasteiger partial charge in [-0.3, -0.25) is 0 Å². The zero-order chi connectivity index (χ0) is 13.8. The van der Waals surface area contributed by atoms with Crippen LogP contribution in [0, 0.1) is 3.57 Å². The summed E-state index contributed by atoms with van der Waals surface area (Å²) < 4.78 is 10.9. The van der Waals surface area contributed by atoms with Gasteiger partial charge < -0.3 is 0 Å². The SMILES string of the molecule is COC1(c2ccccc2N[I-]c2ccccc2)CCC1. The molecule has 1 N–H and O–H groups in total. The molecule has 1 fully saturated rings. The van der Waals surface area contributed by atoms with E-state index in [4.69, 9.17) is 4.74 Å². The van der Waals surface area contributed by atoms with Crippen molar-refractivity contribution in [2.45, 2.75) is 24.9 Å². The van der Waals surface area contributed by atoms with Crippen LogP contribution in [0.5, 0.6) is 0 Å². The maximum atomic E-state index is 5.82. The first-order valence-electron chi connectivity index (χ1n) is 6.94. The molecule has 0 spiro atoms. The molecule has 0 amide bonds. The van der Waals surface area contributed by atoms with E-state index in [2.05, 4.69) is 58.1 Å². The van der Waals surface area contributed by atoms with Crippen molar-refractivity contribution in [1.29, 1.82) is 0 Å². The normalized spacial score (nSPS) is 16.6. The van der Waals surface area contributed by atoms with Gasteiger partial charge in [0, 0.05) is 0 Å². The Balaban J connectivity index is 1.80. The Morgan fingerprint density at radius 3 is 2.35 bits per heavy atom. The number of hydrogen-bond acceptors (Lipinski definition) is 2. The van der Waals surface area contributed by atoms with E-state index in [0.717, 1.165) is 12.8 Å². The van der Waals surface area contributed by atoms with Crippen molar-refractivity contribution >= 4 is 5.69 Å². The molecule has 0 saturated heterocycles. The van der Waals surface area contributed by atoms with E-state index >= 15 is 0 Å². The van der Waals surface area contributed by atoms with Crippen LogP contribution in [0.15, 0.2) is 54.6 Å². The molecule has 1 saturated carbocycles. The van der Waals surface area contributed by atoms with Crippen molar-refractivity contribution < 1.29 is 26.2 Å². The van der Waals surface area contributed by atoms with Gasteiger partial charge in [-0.05, 0) is 0 Å². The summed E-state index contributed by atoms with van der Waals surface area (Å²) in [5.41, 5.74) is 2.51. The molecule has 2 aromatic rings. The fraction of sp³-hybridized carbons (Fsp3) is 0.294. The molecule has 3 rings (SSSR count). The molecule has 0 atom stereocenters. The molecule has 0 aromatic heterocycles. The number of halogens is 1.